The number of hydrogen-bond acceptors (Lipinski definition) is 8. The maximum atomic E-state index is 14.5. The second-order valence-electron chi connectivity index (χ2n) is 16.2. The van der Waals surface area contributed by atoms with Crippen LogP contribution in [-0.4, -0.2) is 96.4 Å². The molecule has 1 aromatic carbocycles. The number of hydrogen-bond donors (Lipinski definition) is 2. The molecule has 5 amide bonds. The Kier molecular flexibility index (Phi) is 10.0. The van der Waals surface area contributed by atoms with Gasteiger partial charge in [-0.15, -0.1) is 6.58 Å². The van der Waals surface area contributed by atoms with Crippen molar-refractivity contribution >= 4 is 39.7 Å². The SMILES string of the molecule is C=C[C@@H]1C[C@]1(CC(=O)[C@@H]1C[C@@H]2CN1C(=O)[C@H](C(C)(C)C)NC(=O)N(C)CCCCCc1cccc3c1CN(C3)C(=O)O2)C(=O)NS(=O)(=O)C1CC1. The minimum Gasteiger partial charge on any atom is -0.444 e. The molecule has 2 aliphatic carbocycles. The van der Waals surface area contributed by atoms with Gasteiger partial charge in [0.1, 0.15) is 12.1 Å². The Bertz CT molecular complexity index is 1720. The first-order valence-corrected chi connectivity index (χ1v) is 19.7. The van der Waals surface area contributed by atoms with Crippen LogP contribution in [0.5, 0.6) is 0 Å². The van der Waals surface area contributed by atoms with E-state index in [1.54, 1.807) is 22.9 Å². The predicted octanol–water partition coefficient (Wildman–Crippen LogP) is 3.65. The lowest BCUT2D eigenvalue weighted by molar-refractivity contribution is -0.142. The number of benzene rings is 1. The van der Waals surface area contributed by atoms with Gasteiger partial charge in [0.05, 0.1) is 23.3 Å². The standard InChI is InChI=1S/C37H51N5O8S/c1-6-25-18-37(25,33(45)39-51(48,49)27-14-15-27)19-30(43)29-17-26-21-42(29)32(44)31(36(2,3)4)38-34(46)40(5)16-9-7-8-11-23-12-10-13-24-20-41(22-28(23)24)35(47)50-26/h6,10,12-13,25-27,29,31H,1,7-9,11,14-22H2,2-5H3,(H,38,46)(H,39,45)/t25-,26-,29+,31-,37-/m1/s1. The van der Waals surface area contributed by atoms with Gasteiger partial charge in [-0.3, -0.25) is 24.0 Å². The maximum Gasteiger partial charge on any atom is 0.410 e. The normalized spacial score (nSPS) is 29.0. The number of carbonyl (C=O) groups is 5. The summed E-state index contributed by atoms with van der Waals surface area (Å²) in [6.45, 7) is 10.5. The number of amides is 5. The molecule has 3 fully saturated rings. The van der Waals surface area contributed by atoms with Crippen molar-refractivity contribution in [3.8, 4) is 0 Å². The Labute approximate surface area is 300 Å². The number of sulfonamides is 1. The van der Waals surface area contributed by atoms with Gasteiger partial charge < -0.3 is 19.9 Å². The molecule has 3 heterocycles. The van der Waals surface area contributed by atoms with Crippen LogP contribution in [0.25, 0.3) is 0 Å². The molecule has 5 aliphatic rings. The smallest absolute Gasteiger partial charge is 0.410 e. The van der Waals surface area contributed by atoms with E-state index in [1.807, 2.05) is 32.9 Å². The molecule has 0 spiro atoms. The number of carbonyl (C=O) groups excluding carboxylic acids is 5. The fourth-order valence-corrected chi connectivity index (χ4v) is 9.19. The van der Waals surface area contributed by atoms with Crippen LogP contribution in [0, 0.1) is 16.7 Å². The molecule has 0 aromatic heterocycles. The Morgan fingerprint density at radius 3 is 2.49 bits per heavy atom. The van der Waals surface area contributed by atoms with Crippen LogP contribution in [0.2, 0.25) is 0 Å². The quantitative estimate of drug-likeness (QED) is 0.403. The number of ether oxygens (including phenoxy) is 1. The van der Waals surface area contributed by atoms with Crippen LogP contribution >= 0.6 is 0 Å². The summed E-state index contributed by atoms with van der Waals surface area (Å²) in [5.74, 6) is -2.10. The van der Waals surface area contributed by atoms with Crippen LogP contribution in [-0.2, 0) is 48.7 Å². The number of aryl methyl sites for hydroxylation is 1. The van der Waals surface area contributed by atoms with E-state index in [0.29, 0.717) is 32.5 Å². The molecule has 0 unspecified atom stereocenters. The Morgan fingerprint density at radius 1 is 1.10 bits per heavy atom. The van der Waals surface area contributed by atoms with Crippen molar-refractivity contribution < 1.29 is 37.1 Å². The fraction of sp³-hybridized carbons (Fsp3) is 0.649. The number of urea groups is 1. The lowest BCUT2D eigenvalue weighted by atomic mass is 9.85. The molecule has 5 atom stereocenters. The zero-order valence-corrected chi connectivity index (χ0v) is 30.9. The summed E-state index contributed by atoms with van der Waals surface area (Å²) >= 11 is 0. The third-order valence-corrected chi connectivity index (χ3v) is 13.1. The molecular formula is C37H51N5O8S. The van der Waals surface area contributed by atoms with E-state index in [1.165, 1.54) is 10.5 Å². The molecule has 0 radical (unpaired) electrons. The van der Waals surface area contributed by atoms with Gasteiger partial charge in [0.15, 0.2) is 5.78 Å². The van der Waals surface area contributed by atoms with Crippen molar-refractivity contribution in [1.29, 1.82) is 0 Å². The van der Waals surface area contributed by atoms with Gasteiger partial charge in [0, 0.05) is 39.5 Å². The number of rotatable bonds is 7. The molecule has 13 nitrogen and oxygen atoms in total. The molecule has 4 bridgehead atoms. The minimum absolute atomic E-state index is 0.00386. The largest absolute Gasteiger partial charge is 0.444 e. The Balaban J connectivity index is 1.28. The summed E-state index contributed by atoms with van der Waals surface area (Å²) in [5, 5.41) is 2.30. The number of ketones is 1. The number of nitrogens with zero attached hydrogens (tertiary/aromatic N) is 3. The van der Waals surface area contributed by atoms with E-state index in [4.69, 9.17) is 4.74 Å². The maximum absolute atomic E-state index is 14.5. The van der Waals surface area contributed by atoms with E-state index in [9.17, 15) is 32.4 Å². The summed E-state index contributed by atoms with van der Waals surface area (Å²) in [7, 11) is -2.17. The molecule has 3 aliphatic heterocycles. The van der Waals surface area contributed by atoms with Crippen molar-refractivity contribution in [3.63, 3.8) is 0 Å². The van der Waals surface area contributed by atoms with E-state index >= 15 is 0 Å². The van der Waals surface area contributed by atoms with Crippen molar-refractivity contribution in [2.24, 2.45) is 16.7 Å². The number of allylic oxidation sites excluding steroid dienone is 1. The number of nitrogens with one attached hydrogen (secondary N) is 2. The molecular weight excluding hydrogens is 675 g/mol. The third-order valence-electron chi connectivity index (χ3n) is 11.2. The highest BCUT2D eigenvalue weighted by molar-refractivity contribution is 7.90. The van der Waals surface area contributed by atoms with E-state index in [2.05, 4.69) is 22.7 Å². The van der Waals surface area contributed by atoms with Gasteiger partial charge in [-0.1, -0.05) is 51.5 Å². The lowest BCUT2D eigenvalue weighted by Crippen LogP contribution is -2.58. The first-order chi connectivity index (χ1) is 24.0. The van der Waals surface area contributed by atoms with Crippen molar-refractivity contribution in [1.82, 2.24) is 24.7 Å². The van der Waals surface area contributed by atoms with Crippen molar-refractivity contribution in [2.75, 3.05) is 20.1 Å². The lowest BCUT2D eigenvalue weighted by Gasteiger charge is -2.36. The van der Waals surface area contributed by atoms with Gasteiger partial charge in [-0.2, -0.15) is 0 Å². The van der Waals surface area contributed by atoms with Crippen LogP contribution < -0.4 is 10.0 Å². The summed E-state index contributed by atoms with van der Waals surface area (Å²) in [6.07, 6.45) is 4.53. The molecule has 1 saturated heterocycles. The fourth-order valence-electron chi connectivity index (χ4n) is 7.80. The molecule has 6 rings (SSSR count). The van der Waals surface area contributed by atoms with Crippen molar-refractivity contribution in [2.45, 2.75) is 115 Å². The van der Waals surface area contributed by atoms with Crippen LogP contribution in [0.1, 0.15) is 88.8 Å². The zero-order chi connectivity index (χ0) is 36.9. The van der Waals surface area contributed by atoms with E-state index in [0.717, 1.165) is 36.8 Å². The number of Topliss-reactive ketones (excluding diaryl/α,β-unsaturated/α-hetero) is 1. The third kappa shape index (κ3) is 7.66. The van der Waals surface area contributed by atoms with Gasteiger partial charge in [-0.05, 0) is 66.5 Å². The minimum atomic E-state index is -3.86. The second kappa shape index (κ2) is 13.9. The second-order valence-corrected chi connectivity index (χ2v) is 18.1. The van der Waals surface area contributed by atoms with Gasteiger partial charge in [0.25, 0.3) is 0 Å². The molecule has 2 N–H and O–H groups in total. The number of fused-ring (bicyclic) bond motifs is 3. The van der Waals surface area contributed by atoms with Crippen LogP contribution in [0.15, 0.2) is 30.9 Å². The average Bonchev–Trinajstić information content (AvgIpc) is 3.96. The monoisotopic (exact) mass is 725 g/mol. The highest BCUT2D eigenvalue weighted by Gasteiger charge is 2.61. The van der Waals surface area contributed by atoms with E-state index in [-0.39, 0.29) is 25.8 Å². The summed E-state index contributed by atoms with van der Waals surface area (Å²) < 4.78 is 33.6. The molecule has 51 heavy (non-hydrogen) atoms. The van der Waals surface area contributed by atoms with Gasteiger partial charge in [-0.25, -0.2) is 18.0 Å². The highest BCUT2D eigenvalue weighted by atomic mass is 32.2. The Hall–Kier alpha value is -3.94. The zero-order valence-electron chi connectivity index (χ0n) is 30.1. The first kappa shape index (κ1) is 36.8. The topological polar surface area (TPSA) is 162 Å². The van der Waals surface area contributed by atoms with Gasteiger partial charge in [0.2, 0.25) is 21.8 Å². The summed E-state index contributed by atoms with van der Waals surface area (Å²) in [5.41, 5.74) is 1.29. The highest BCUT2D eigenvalue weighted by Crippen LogP contribution is 2.57. The van der Waals surface area contributed by atoms with Crippen molar-refractivity contribution in [3.05, 3.63) is 47.5 Å². The molecule has 14 heteroatoms. The predicted molar refractivity (Wildman–Crippen MR) is 188 cm³/mol. The van der Waals surface area contributed by atoms with Crippen LogP contribution in [0.3, 0.4) is 0 Å². The summed E-state index contributed by atoms with van der Waals surface area (Å²) in [6, 6.07) is 3.60. The Morgan fingerprint density at radius 2 is 1.82 bits per heavy atom. The molecule has 278 valence electrons. The summed E-state index contributed by atoms with van der Waals surface area (Å²) in [4.78, 5) is 73.9. The average molecular weight is 726 g/mol. The molecule has 2 saturated carbocycles. The van der Waals surface area contributed by atoms with E-state index < -0.39 is 79.9 Å². The van der Waals surface area contributed by atoms with Gasteiger partial charge >= 0.3 is 12.1 Å². The molecule has 1 aromatic rings. The van der Waals surface area contributed by atoms with Crippen LogP contribution in [0.4, 0.5) is 9.59 Å². The first-order valence-electron chi connectivity index (χ1n) is 18.1.